The summed E-state index contributed by atoms with van der Waals surface area (Å²) in [4.78, 5) is 23.8. The van der Waals surface area contributed by atoms with Crippen molar-refractivity contribution in [3.05, 3.63) is 49.1 Å². The van der Waals surface area contributed by atoms with Crippen molar-refractivity contribution in [2.24, 2.45) is 0 Å². The Bertz CT molecular complexity index is 863. The summed E-state index contributed by atoms with van der Waals surface area (Å²) in [7, 11) is 1.62. The predicted molar refractivity (Wildman–Crippen MR) is 118 cm³/mol. The van der Waals surface area contributed by atoms with Crippen LogP contribution in [0.3, 0.4) is 0 Å². The number of urea groups is 1. The summed E-state index contributed by atoms with van der Waals surface area (Å²) in [6.45, 7) is 1.89. The van der Waals surface area contributed by atoms with E-state index in [1.165, 1.54) is 0 Å². The van der Waals surface area contributed by atoms with Gasteiger partial charge < -0.3 is 14.8 Å². The van der Waals surface area contributed by atoms with Crippen molar-refractivity contribution in [2.45, 2.75) is 25.3 Å². The van der Waals surface area contributed by atoms with Crippen molar-refractivity contribution in [2.75, 3.05) is 7.11 Å². The summed E-state index contributed by atoms with van der Waals surface area (Å²) in [5, 5.41) is 5.11. The Morgan fingerprint density at radius 1 is 1.04 bits per heavy atom. The van der Waals surface area contributed by atoms with Crippen LogP contribution in [0.5, 0.6) is 17.2 Å². The van der Waals surface area contributed by atoms with Crippen LogP contribution >= 0.6 is 45.2 Å². The van der Waals surface area contributed by atoms with Gasteiger partial charge in [-0.1, -0.05) is 6.92 Å². The van der Waals surface area contributed by atoms with Gasteiger partial charge in [0.2, 0.25) is 0 Å². The molecular formula is C19H18I2N2O4. The topological polar surface area (TPSA) is 76.7 Å². The molecule has 1 aliphatic heterocycles. The molecule has 6 nitrogen and oxygen atoms in total. The molecule has 2 aromatic carbocycles. The van der Waals surface area contributed by atoms with Gasteiger partial charge in [-0.25, -0.2) is 4.79 Å². The van der Waals surface area contributed by atoms with E-state index in [1.807, 2.05) is 43.3 Å². The fourth-order valence-electron chi connectivity index (χ4n) is 2.95. The van der Waals surface area contributed by atoms with E-state index in [9.17, 15) is 9.59 Å². The van der Waals surface area contributed by atoms with Gasteiger partial charge in [0.05, 0.1) is 14.3 Å². The molecule has 1 atom stereocenters. The first-order valence-corrected chi connectivity index (χ1v) is 10.5. The summed E-state index contributed by atoms with van der Waals surface area (Å²) in [6.07, 6.45) is 0.942. The lowest BCUT2D eigenvalue weighted by atomic mass is 9.88. The number of nitrogens with one attached hydrogen (secondary N) is 2. The molecule has 2 aromatic rings. The maximum Gasteiger partial charge on any atom is 0.322 e. The van der Waals surface area contributed by atoms with Crippen molar-refractivity contribution in [1.82, 2.24) is 10.6 Å². The maximum atomic E-state index is 12.2. The zero-order chi connectivity index (χ0) is 19.6. The van der Waals surface area contributed by atoms with E-state index < -0.39 is 11.6 Å². The van der Waals surface area contributed by atoms with Gasteiger partial charge in [0, 0.05) is 6.42 Å². The summed E-state index contributed by atoms with van der Waals surface area (Å²) >= 11 is 4.45. The monoisotopic (exact) mass is 592 g/mol. The zero-order valence-corrected chi connectivity index (χ0v) is 19.1. The average Bonchev–Trinajstić information content (AvgIpc) is 2.92. The lowest BCUT2D eigenvalue weighted by Crippen LogP contribution is -2.48. The molecule has 0 aromatic heterocycles. The number of carbonyl (C=O) groups excluding carboxylic acids is 2. The molecule has 8 heteroatoms. The molecule has 2 N–H and O–H groups in total. The van der Waals surface area contributed by atoms with Crippen molar-refractivity contribution in [3.63, 3.8) is 0 Å². The van der Waals surface area contributed by atoms with Gasteiger partial charge in [0.15, 0.2) is 5.75 Å². The summed E-state index contributed by atoms with van der Waals surface area (Å²) in [5.41, 5.74) is 0.0618. The van der Waals surface area contributed by atoms with E-state index >= 15 is 0 Å². The molecule has 0 aliphatic carbocycles. The molecule has 0 bridgehead atoms. The summed E-state index contributed by atoms with van der Waals surface area (Å²) in [6, 6.07) is 10.9. The highest BCUT2D eigenvalue weighted by molar-refractivity contribution is 14.1. The van der Waals surface area contributed by atoms with Crippen LogP contribution in [0.1, 0.15) is 18.9 Å². The van der Waals surface area contributed by atoms with E-state index in [0.717, 1.165) is 24.2 Å². The Morgan fingerprint density at radius 3 is 2.11 bits per heavy atom. The number of carbonyl (C=O) groups is 2. The van der Waals surface area contributed by atoms with Crippen LogP contribution in [0, 0.1) is 7.14 Å². The zero-order valence-electron chi connectivity index (χ0n) is 14.8. The summed E-state index contributed by atoms with van der Waals surface area (Å²) in [5.74, 6) is 1.96. The van der Waals surface area contributed by atoms with Gasteiger partial charge in [0.1, 0.15) is 17.0 Å². The number of hydrogen-bond donors (Lipinski definition) is 2. The van der Waals surface area contributed by atoms with E-state index in [0.29, 0.717) is 18.6 Å². The van der Waals surface area contributed by atoms with Crippen molar-refractivity contribution in [1.29, 1.82) is 0 Å². The number of hydrogen-bond acceptors (Lipinski definition) is 4. The fraction of sp³-hybridized carbons (Fsp3) is 0.263. The van der Waals surface area contributed by atoms with Crippen LogP contribution < -0.4 is 20.1 Å². The highest BCUT2D eigenvalue weighted by Crippen LogP contribution is 2.35. The van der Waals surface area contributed by atoms with Crippen molar-refractivity contribution < 1.29 is 19.1 Å². The van der Waals surface area contributed by atoms with Gasteiger partial charge in [-0.15, -0.1) is 0 Å². The molecule has 0 spiro atoms. The number of methoxy groups -OCH3 is 1. The molecule has 1 unspecified atom stereocenters. The average molecular weight is 592 g/mol. The fourth-order valence-corrected chi connectivity index (χ4v) is 5.07. The molecule has 1 heterocycles. The second-order valence-electron chi connectivity index (χ2n) is 6.19. The van der Waals surface area contributed by atoms with Crippen LogP contribution in [0.25, 0.3) is 0 Å². The molecular weight excluding hydrogens is 574 g/mol. The molecule has 142 valence electrons. The second-order valence-corrected chi connectivity index (χ2v) is 8.51. The molecule has 0 saturated carbocycles. The van der Waals surface area contributed by atoms with E-state index in [-0.39, 0.29) is 5.91 Å². The number of amides is 3. The first-order valence-electron chi connectivity index (χ1n) is 8.30. The minimum absolute atomic E-state index is 0.279. The molecule has 27 heavy (non-hydrogen) atoms. The van der Waals surface area contributed by atoms with E-state index in [4.69, 9.17) is 9.47 Å². The Kier molecular flexibility index (Phi) is 6.14. The highest BCUT2D eigenvalue weighted by Gasteiger charge is 2.44. The minimum Gasteiger partial charge on any atom is -0.497 e. The van der Waals surface area contributed by atoms with Crippen LogP contribution in [-0.4, -0.2) is 24.6 Å². The largest absolute Gasteiger partial charge is 0.497 e. The highest BCUT2D eigenvalue weighted by atomic mass is 127. The van der Waals surface area contributed by atoms with Gasteiger partial charge >= 0.3 is 6.03 Å². The van der Waals surface area contributed by atoms with E-state index in [2.05, 4.69) is 55.8 Å². The molecule has 1 aliphatic rings. The Labute approximate surface area is 184 Å². The molecule has 1 fully saturated rings. The lowest BCUT2D eigenvalue weighted by molar-refractivity contribution is -0.124. The maximum absolute atomic E-state index is 12.2. The molecule has 0 radical (unpaired) electrons. The lowest BCUT2D eigenvalue weighted by Gasteiger charge is -2.25. The van der Waals surface area contributed by atoms with Crippen LogP contribution in [0.2, 0.25) is 0 Å². The number of imide groups is 1. The first kappa shape index (κ1) is 20.2. The normalized spacial score (nSPS) is 18.8. The standard InChI is InChI=1S/C19H18I2N2O4/c1-3-19(17(24)22-18(25)23-19)10-11-8-14(20)16(15(21)9-11)27-13-6-4-12(26-2)5-7-13/h4-9H,3,10H2,1-2H3,(H2,22,23,24,25). The number of benzene rings is 2. The van der Waals surface area contributed by atoms with E-state index in [1.54, 1.807) is 7.11 Å². The number of halogens is 2. The SMILES string of the molecule is CCC1(Cc2cc(I)c(Oc3ccc(OC)cc3)c(I)c2)NC(=O)NC1=O. The van der Waals surface area contributed by atoms with Crippen LogP contribution in [0.4, 0.5) is 4.79 Å². The van der Waals surface area contributed by atoms with Crippen molar-refractivity contribution >= 4 is 57.1 Å². The van der Waals surface area contributed by atoms with Gasteiger partial charge in [-0.2, -0.15) is 0 Å². The Morgan fingerprint density at radius 2 is 1.63 bits per heavy atom. The summed E-state index contributed by atoms with van der Waals surface area (Å²) < 4.78 is 13.1. The third kappa shape index (κ3) is 4.31. The second kappa shape index (κ2) is 8.21. The van der Waals surface area contributed by atoms with Gasteiger partial charge in [-0.05, 0) is 93.6 Å². The van der Waals surface area contributed by atoms with Crippen molar-refractivity contribution in [3.8, 4) is 17.2 Å². The quantitative estimate of drug-likeness (QED) is 0.389. The Balaban J connectivity index is 1.84. The first-order chi connectivity index (χ1) is 12.9. The predicted octanol–water partition coefficient (Wildman–Crippen LogP) is 4.23. The third-order valence-corrected chi connectivity index (χ3v) is 6.06. The molecule has 3 amide bonds. The van der Waals surface area contributed by atoms with Crippen LogP contribution in [-0.2, 0) is 11.2 Å². The van der Waals surface area contributed by atoms with Gasteiger partial charge in [0.25, 0.3) is 5.91 Å². The molecule has 3 rings (SSSR count). The third-order valence-electron chi connectivity index (χ3n) is 4.46. The smallest absolute Gasteiger partial charge is 0.322 e. The molecule has 1 saturated heterocycles. The number of ether oxygens (including phenoxy) is 2. The number of rotatable bonds is 6. The van der Waals surface area contributed by atoms with Crippen LogP contribution in [0.15, 0.2) is 36.4 Å². The minimum atomic E-state index is -0.901. The van der Waals surface area contributed by atoms with Gasteiger partial charge in [-0.3, -0.25) is 10.1 Å². The Hall–Kier alpha value is -1.56.